The maximum atomic E-state index is 11.7. The van der Waals surface area contributed by atoms with Gasteiger partial charge in [0.1, 0.15) is 0 Å². The van der Waals surface area contributed by atoms with E-state index in [1.54, 1.807) is 4.90 Å². The molecule has 1 unspecified atom stereocenters. The van der Waals surface area contributed by atoms with Crippen LogP contribution < -0.4 is 4.90 Å². The van der Waals surface area contributed by atoms with E-state index in [4.69, 9.17) is 7.85 Å². The molecule has 1 aromatic carbocycles. The fraction of sp³-hybridized carbons (Fsp3) is 0.364. The lowest BCUT2D eigenvalue weighted by Crippen LogP contribution is -2.38. The quantitative estimate of drug-likeness (QED) is 0.608. The molecule has 1 amide bonds. The number of nitrogens with zero attached hydrogens (tertiary/aromatic N) is 1. The molecule has 1 aliphatic heterocycles. The second-order valence-electron chi connectivity index (χ2n) is 3.52. The summed E-state index contributed by atoms with van der Waals surface area (Å²) in [5, 5.41) is 0. The molecule has 0 saturated carbocycles. The van der Waals surface area contributed by atoms with E-state index in [1.165, 1.54) is 5.56 Å². The minimum absolute atomic E-state index is 0.0335. The van der Waals surface area contributed by atoms with Crippen molar-refractivity contribution >= 4 is 19.4 Å². The van der Waals surface area contributed by atoms with E-state index < -0.39 is 0 Å². The topological polar surface area (TPSA) is 20.3 Å². The van der Waals surface area contributed by atoms with Crippen LogP contribution in [0.5, 0.6) is 0 Å². The molecule has 3 heteroatoms. The number of fused-ring (bicyclic) bond motifs is 1. The fourth-order valence-electron chi connectivity index (χ4n) is 1.92. The minimum Gasteiger partial charge on any atom is -0.313 e. The van der Waals surface area contributed by atoms with Crippen LogP contribution in [0.1, 0.15) is 12.5 Å². The molecule has 0 bridgehead atoms. The van der Waals surface area contributed by atoms with Gasteiger partial charge in [0.05, 0.1) is 7.85 Å². The number of hydrogen-bond donors (Lipinski definition) is 0. The van der Waals surface area contributed by atoms with Gasteiger partial charge in [-0.25, -0.2) is 0 Å². The van der Waals surface area contributed by atoms with E-state index in [0.29, 0.717) is 13.0 Å². The molecule has 70 valence electrons. The van der Waals surface area contributed by atoms with Crippen molar-refractivity contribution in [3.63, 3.8) is 0 Å². The predicted molar refractivity (Wildman–Crippen MR) is 57.7 cm³/mol. The van der Waals surface area contributed by atoms with Gasteiger partial charge >= 0.3 is 0 Å². The normalized spacial score (nSPS) is 20.8. The Balaban J connectivity index is 2.47. The molecule has 0 fully saturated rings. The van der Waals surface area contributed by atoms with Gasteiger partial charge in [-0.15, -0.1) is 0 Å². The molecule has 2 radical (unpaired) electrons. The molecule has 1 aromatic rings. The molecule has 0 N–H and O–H groups in total. The molecular weight excluding hydrogens is 173 g/mol. The van der Waals surface area contributed by atoms with Crippen molar-refractivity contribution in [2.45, 2.75) is 19.2 Å². The number of amides is 1. The zero-order valence-corrected chi connectivity index (χ0v) is 8.23. The number of carbonyl (C=O) groups is 1. The van der Waals surface area contributed by atoms with E-state index in [-0.39, 0.29) is 11.7 Å². The molecule has 0 aromatic heterocycles. The number of rotatable bonds is 1. The molecule has 14 heavy (non-hydrogen) atoms. The van der Waals surface area contributed by atoms with Crippen LogP contribution in [0.25, 0.3) is 0 Å². The minimum atomic E-state index is -0.371. The Morgan fingerprint density at radius 3 is 2.93 bits per heavy atom. The molecule has 1 atom stereocenters. The summed E-state index contributed by atoms with van der Waals surface area (Å²) in [4.78, 5) is 13.5. The second kappa shape index (κ2) is 3.48. The zero-order chi connectivity index (χ0) is 10.1. The Kier molecular flexibility index (Phi) is 2.32. The summed E-state index contributed by atoms with van der Waals surface area (Å²) in [5.41, 5.74) is 2.18. The van der Waals surface area contributed by atoms with Crippen molar-refractivity contribution in [1.82, 2.24) is 0 Å². The lowest BCUT2D eigenvalue weighted by atomic mass is 9.78. The standard InChI is InChI=1S/C11H12BNO/c1-2-13-10-6-4-3-5-8(10)7-9(12)11(13)14/h3-6,9H,2,7H2,1H3. The second-order valence-corrected chi connectivity index (χ2v) is 3.52. The van der Waals surface area contributed by atoms with Crippen LogP contribution in [0.4, 0.5) is 5.69 Å². The Hall–Kier alpha value is -1.25. The van der Waals surface area contributed by atoms with Crippen LogP contribution in [-0.2, 0) is 11.2 Å². The average molecular weight is 185 g/mol. The van der Waals surface area contributed by atoms with E-state index in [2.05, 4.69) is 0 Å². The van der Waals surface area contributed by atoms with Crippen molar-refractivity contribution in [1.29, 1.82) is 0 Å². The molecule has 0 spiro atoms. The first kappa shape index (κ1) is 9.32. The van der Waals surface area contributed by atoms with Crippen molar-refractivity contribution in [2.24, 2.45) is 0 Å². The van der Waals surface area contributed by atoms with Crippen LogP contribution in [0, 0.1) is 0 Å². The summed E-state index contributed by atoms with van der Waals surface area (Å²) in [5.74, 6) is -0.337. The number of para-hydroxylation sites is 1. The summed E-state index contributed by atoms with van der Waals surface area (Å²) in [7, 11) is 5.77. The van der Waals surface area contributed by atoms with E-state index in [9.17, 15) is 4.79 Å². The predicted octanol–water partition coefficient (Wildman–Crippen LogP) is 1.55. The van der Waals surface area contributed by atoms with Gasteiger partial charge in [0.15, 0.2) is 0 Å². The highest BCUT2D eigenvalue weighted by Crippen LogP contribution is 2.31. The maximum Gasteiger partial charge on any atom is 0.221 e. The first-order valence-electron chi connectivity index (χ1n) is 4.89. The number of carbonyl (C=O) groups excluding carboxylic acids is 1. The van der Waals surface area contributed by atoms with Crippen molar-refractivity contribution in [3.8, 4) is 0 Å². The summed E-state index contributed by atoms with van der Waals surface area (Å²) < 4.78 is 0. The van der Waals surface area contributed by atoms with E-state index in [1.807, 2.05) is 31.2 Å². The molecule has 0 saturated heterocycles. The number of anilines is 1. The van der Waals surface area contributed by atoms with Crippen LogP contribution >= 0.6 is 0 Å². The third-order valence-electron chi connectivity index (χ3n) is 2.62. The SMILES string of the molecule is [B]C1Cc2ccccc2N(CC)C1=O. The lowest BCUT2D eigenvalue weighted by Gasteiger charge is -2.32. The molecule has 1 aliphatic rings. The summed E-state index contributed by atoms with van der Waals surface area (Å²) in [6, 6.07) is 7.94. The monoisotopic (exact) mass is 185 g/mol. The summed E-state index contributed by atoms with van der Waals surface area (Å²) >= 11 is 0. The average Bonchev–Trinajstić information content (AvgIpc) is 2.20. The maximum absolute atomic E-state index is 11.7. The summed E-state index contributed by atoms with van der Waals surface area (Å²) in [6.07, 6.45) is 0.658. The van der Waals surface area contributed by atoms with Gasteiger partial charge in [0.2, 0.25) is 5.91 Å². The van der Waals surface area contributed by atoms with Gasteiger partial charge in [-0.1, -0.05) is 18.2 Å². The largest absolute Gasteiger partial charge is 0.313 e. The van der Waals surface area contributed by atoms with Gasteiger partial charge in [0, 0.05) is 18.0 Å². The molecule has 1 heterocycles. The van der Waals surface area contributed by atoms with Gasteiger partial charge in [-0.3, -0.25) is 4.79 Å². The number of benzene rings is 1. The van der Waals surface area contributed by atoms with Crippen molar-refractivity contribution < 1.29 is 4.79 Å². The van der Waals surface area contributed by atoms with Gasteiger partial charge < -0.3 is 4.90 Å². The third-order valence-corrected chi connectivity index (χ3v) is 2.62. The van der Waals surface area contributed by atoms with E-state index >= 15 is 0 Å². The molecule has 2 rings (SSSR count). The molecular formula is C11H12BNO. The van der Waals surface area contributed by atoms with E-state index in [0.717, 1.165) is 5.69 Å². The van der Waals surface area contributed by atoms with Gasteiger partial charge in [0.25, 0.3) is 0 Å². The fourth-order valence-corrected chi connectivity index (χ4v) is 1.92. The summed E-state index contributed by atoms with van der Waals surface area (Å²) in [6.45, 7) is 2.65. The highest BCUT2D eigenvalue weighted by molar-refractivity contribution is 6.27. The zero-order valence-electron chi connectivity index (χ0n) is 8.23. The smallest absolute Gasteiger partial charge is 0.221 e. The van der Waals surface area contributed by atoms with Gasteiger partial charge in [-0.2, -0.15) is 0 Å². The van der Waals surface area contributed by atoms with Crippen molar-refractivity contribution in [3.05, 3.63) is 29.8 Å². The van der Waals surface area contributed by atoms with Crippen LogP contribution in [0.3, 0.4) is 0 Å². The molecule has 0 aliphatic carbocycles. The first-order chi connectivity index (χ1) is 6.74. The van der Waals surface area contributed by atoms with Crippen molar-refractivity contribution in [2.75, 3.05) is 11.4 Å². The number of hydrogen-bond acceptors (Lipinski definition) is 1. The third kappa shape index (κ3) is 1.33. The Morgan fingerprint density at radius 2 is 2.21 bits per heavy atom. The van der Waals surface area contributed by atoms with Crippen LogP contribution in [0.2, 0.25) is 5.82 Å². The Bertz CT molecular complexity index is 364. The van der Waals surface area contributed by atoms with Gasteiger partial charge in [-0.05, 0) is 25.0 Å². The highest BCUT2D eigenvalue weighted by atomic mass is 16.2. The first-order valence-corrected chi connectivity index (χ1v) is 4.89. The Labute approximate surface area is 85.3 Å². The van der Waals surface area contributed by atoms with Crippen LogP contribution in [0.15, 0.2) is 24.3 Å². The highest BCUT2D eigenvalue weighted by Gasteiger charge is 2.27. The lowest BCUT2D eigenvalue weighted by molar-refractivity contribution is -0.118. The Morgan fingerprint density at radius 1 is 1.50 bits per heavy atom. The molecule has 2 nitrogen and oxygen atoms in total. The van der Waals surface area contributed by atoms with Crippen LogP contribution in [-0.4, -0.2) is 20.3 Å².